The normalized spacial score (nSPS) is 17.2. The van der Waals surface area contributed by atoms with Crippen LogP contribution < -0.4 is 10.6 Å². The average Bonchev–Trinajstić information content (AvgIpc) is 2.74. The molecular formula is C13H12N4O. The molecular weight excluding hydrogens is 228 g/mol. The van der Waals surface area contributed by atoms with Gasteiger partial charge in [0.15, 0.2) is 0 Å². The van der Waals surface area contributed by atoms with Crippen molar-refractivity contribution in [2.24, 2.45) is 0 Å². The predicted molar refractivity (Wildman–Crippen MR) is 68.5 cm³/mol. The fraction of sp³-hybridized carbons (Fsp3) is 0.154. The Bertz CT molecular complexity index is 597. The highest BCUT2D eigenvalue weighted by Gasteiger charge is 2.33. The molecule has 1 aromatic heterocycles. The van der Waals surface area contributed by atoms with Crippen molar-refractivity contribution in [2.45, 2.75) is 5.92 Å². The number of fused-ring (bicyclic) bond motifs is 1. The van der Waals surface area contributed by atoms with E-state index in [0.29, 0.717) is 11.8 Å². The van der Waals surface area contributed by atoms with E-state index in [4.69, 9.17) is 0 Å². The zero-order valence-electron chi connectivity index (χ0n) is 9.84. The van der Waals surface area contributed by atoms with E-state index >= 15 is 0 Å². The topological polar surface area (TPSA) is 66.9 Å². The van der Waals surface area contributed by atoms with Gasteiger partial charge in [0, 0.05) is 18.8 Å². The Morgan fingerprint density at radius 3 is 2.78 bits per heavy atom. The summed E-state index contributed by atoms with van der Waals surface area (Å²) in [5, 5.41) is 5.64. The summed E-state index contributed by atoms with van der Waals surface area (Å²) < 4.78 is 0. The van der Waals surface area contributed by atoms with Crippen molar-refractivity contribution in [3.8, 4) is 0 Å². The third-order valence-electron chi connectivity index (χ3n) is 2.99. The van der Waals surface area contributed by atoms with Crippen molar-refractivity contribution in [3.05, 3.63) is 47.7 Å². The Labute approximate surface area is 104 Å². The van der Waals surface area contributed by atoms with Gasteiger partial charge in [-0.2, -0.15) is 4.98 Å². The molecule has 5 nitrogen and oxygen atoms in total. The van der Waals surface area contributed by atoms with E-state index in [1.54, 1.807) is 13.2 Å². The van der Waals surface area contributed by atoms with Crippen LogP contribution in [-0.2, 0) is 4.79 Å². The minimum Gasteiger partial charge on any atom is -0.357 e. The fourth-order valence-electron chi connectivity index (χ4n) is 2.13. The highest BCUT2D eigenvalue weighted by molar-refractivity contribution is 6.04. The monoisotopic (exact) mass is 240 g/mol. The molecule has 1 atom stereocenters. The van der Waals surface area contributed by atoms with Gasteiger partial charge in [-0.15, -0.1) is 0 Å². The number of amides is 1. The van der Waals surface area contributed by atoms with Crippen LogP contribution in [0.1, 0.15) is 17.0 Å². The zero-order chi connectivity index (χ0) is 12.5. The molecule has 18 heavy (non-hydrogen) atoms. The number of hydrogen-bond acceptors (Lipinski definition) is 4. The molecule has 2 aromatic rings. The minimum atomic E-state index is -0.313. The van der Waals surface area contributed by atoms with Crippen molar-refractivity contribution in [1.29, 1.82) is 0 Å². The number of anilines is 2. The lowest BCUT2D eigenvalue weighted by atomic mass is 9.95. The van der Waals surface area contributed by atoms with Gasteiger partial charge in [0.2, 0.25) is 11.9 Å². The zero-order valence-corrected chi connectivity index (χ0v) is 9.84. The van der Waals surface area contributed by atoms with Crippen molar-refractivity contribution in [1.82, 2.24) is 9.97 Å². The third-order valence-corrected chi connectivity index (χ3v) is 2.99. The molecule has 1 aliphatic rings. The summed E-state index contributed by atoms with van der Waals surface area (Å²) >= 11 is 0. The number of rotatable bonds is 2. The van der Waals surface area contributed by atoms with Gasteiger partial charge in [-0.05, 0) is 5.56 Å². The maximum Gasteiger partial charge on any atom is 0.237 e. The summed E-state index contributed by atoms with van der Waals surface area (Å²) in [4.78, 5) is 20.4. The van der Waals surface area contributed by atoms with Crippen LogP contribution in [-0.4, -0.2) is 22.9 Å². The van der Waals surface area contributed by atoms with E-state index < -0.39 is 0 Å². The number of carbonyl (C=O) groups excluding carboxylic acids is 1. The lowest BCUT2D eigenvalue weighted by Gasteiger charge is -2.08. The van der Waals surface area contributed by atoms with Crippen LogP contribution in [0.4, 0.5) is 11.8 Å². The van der Waals surface area contributed by atoms with E-state index in [0.717, 1.165) is 11.1 Å². The van der Waals surface area contributed by atoms with Gasteiger partial charge in [0.1, 0.15) is 5.82 Å². The van der Waals surface area contributed by atoms with Gasteiger partial charge >= 0.3 is 0 Å². The van der Waals surface area contributed by atoms with Crippen LogP contribution in [0.25, 0.3) is 0 Å². The van der Waals surface area contributed by atoms with Crippen LogP contribution in [0, 0.1) is 0 Å². The second-order valence-electron chi connectivity index (χ2n) is 4.08. The van der Waals surface area contributed by atoms with Crippen molar-refractivity contribution in [2.75, 3.05) is 17.7 Å². The first-order valence-electron chi connectivity index (χ1n) is 5.70. The first-order chi connectivity index (χ1) is 8.79. The smallest absolute Gasteiger partial charge is 0.237 e. The summed E-state index contributed by atoms with van der Waals surface area (Å²) in [7, 11) is 1.74. The molecule has 90 valence electrons. The second kappa shape index (κ2) is 4.10. The Kier molecular flexibility index (Phi) is 2.44. The molecule has 5 heteroatoms. The molecule has 2 heterocycles. The summed E-state index contributed by atoms with van der Waals surface area (Å²) in [5.74, 6) is 0.724. The van der Waals surface area contributed by atoms with Crippen molar-refractivity contribution >= 4 is 17.7 Å². The molecule has 0 saturated carbocycles. The predicted octanol–water partition coefficient (Wildman–Crippen LogP) is 1.60. The van der Waals surface area contributed by atoms with E-state index in [-0.39, 0.29) is 11.8 Å². The summed E-state index contributed by atoms with van der Waals surface area (Å²) in [6.07, 6.45) is 1.70. The average molecular weight is 240 g/mol. The van der Waals surface area contributed by atoms with Gasteiger partial charge in [-0.25, -0.2) is 4.98 Å². The van der Waals surface area contributed by atoms with Crippen LogP contribution in [0.3, 0.4) is 0 Å². The molecule has 3 rings (SSSR count). The molecule has 1 aliphatic heterocycles. The van der Waals surface area contributed by atoms with Gasteiger partial charge < -0.3 is 10.6 Å². The molecule has 0 spiro atoms. The van der Waals surface area contributed by atoms with Crippen LogP contribution in [0.2, 0.25) is 0 Å². The van der Waals surface area contributed by atoms with Gasteiger partial charge in [0.05, 0.1) is 5.92 Å². The highest BCUT2D eigenvalue weighted by atomic mass is 16.2. The highest BCUT2D eigenvalue weighted by Crippen LogP contribution is 2.35. The quantitative estimate of drug-likeness (QED) is 0.836. The van der Waals surface area contributed by atoms with E-state index in [2.05, 4.69) is 20.6 Å². The molecule has 1 amide bonds. The van der Waals surface area contributed by atoms with Crippen LogP contribution >= 0.6 is 0 Å². The molecule has 0 aliphatic carbocycles. The van der Waals surface area contributed by atoms with E-state index in [1.165, 1.54) is 0 Å². The molecule has 1 unspecified atom stereocenters. The summed E-state index contributed by atoms with van der Waals surface area (Å²) in [5.41, 5.74) is 1.78. The molecule has 1 aromatic carbocycles. The van der Waals surface area contributed by atoms with Gasteiger partial charge in [-0.1, -0.05) is 30.3 Å². The largest absolute Gasteiger partial charge is 0.357 e. The summed E-state index contributed by atoms with van der Waals surface area (Å²) in [6, 6.07) is 9.64. The SMILES string of the molecule is CNc1ncc2c(n1)NC(=O)C2c1ccccc1. The van der Waals surface area contributed by atoms with E-state index in [9.17, 15) is 4.79 Å². The minimum absolute atomic E-state index is 0.0567. The number of nitrogens with zero attached hydrogens (tertiary/aromatic N) is 2. The molecule has 0 fully saturated rings. The number of hydrogen-bond donors (Lipinski definition) is 2. The number of benzene rings is 1. The lowest BCUT2D eigenvalue weighted by molar-refractivity contribution is -0.116. The number of carbonyl (C=O) groups is 1. The standard InChI is InChI=1S/C13H12N4O/c1-14-13-15-7-9-10(8-5-3-2-4-6-8)12(18)16-11(9)17-13/h2-7,10H,1H3,(H2,14,15,16,17,18). The maximum atomic E-state index is 12.0. The molecule has 0 bridgehead atoms. The number of aromatic nitrogens is 2. The van der Waals surface area contributed by atoms with Crippen LogP contribution in [0.5, 0.6) is 0 Å². The van der Waals surface area contributed by atoms with Gasteiger partial charge in [-0.3, -0.25) is 4.79 Å². The fourth-order valence-corrected chi connectivity index (χ4v) is 2.13. The number of nitrogens with one attached hydrogen (secondary N) is 2. The Morgan fingerprint density at radius 1 is 1.28 bits per heavy atom. The second-order valence-corrected chi connectivity index (χ2v) is 4.08. The maximum absolute atomic E-state index is 12.0. The first kappa shape index (κ1) is 10.7. The Morgan fingerprint density at radius 2 is 2.06 bits per heavy atom. The van der Waals surface area contributed by atoms with Gasteiger partial charge in [0.25, 0.3) is 0 Å². The molecule has 2 N–H and O–H groups in total. The molecule has 0 saturated heterocycles. The van der Waals surface area contributed by atoms with E-state index in [1.807, 2.05) is 30.3 Å². The Hall–Kier alpha value is -2.43. The van der Waals surface area contributed by atoms with Crippen molar-refractivity contribution in [3.63, 3.8) is 0 Å². The first-order valence-corrected chi connectivity index (χ1v) is 5.70. The summed E-state index contributed by atoms with van der Waals surface area (Å²) in [6.45, 7) is 0. The lowest BCUT2D eigenvalue weighted by Crippen LogP contribution is -2.13. The van der Waals surface area contributed by atoms with Crippen LogP contribution in [0.15, 0.2) is 36.5 Å². The third kappa shape index (κ3) is 1.60. The Balaban J connectivity index is 2.07. The van der Waals surface area contributed by atoms with Crippen molar-refractivity contribution < 1.29 is 4.79 Å². The molecule has 0 radical (unpaired) electrons.